The van der Waals surface area contributed by atoms with E-state index in [0.29, 0.717) is 11.1 Å². The Morgan fingerprint density at radius 1 is 0.420 bits per heavy atom. The summed E-state index contributed by atoms with van der Waals surface area (Å²) < 4.78 is 24.7. The van der Waals surface area contributed by atoms with Crippen LogP contribution in [0.5, 0.6) is 0 Å². The van der Waals surface area contributed by atoms with E-state index in [1.165, 1.54) is 42.0 Å². The monoisotopic (exact) mass is 1070 g/mol. The molecular weight excluding hydrogens is 999 g/mol. The van der Waals surface area contributed by atoms with E-state index in [4.69, 9.17) is 18.9 Å². The van der Waals surface area contributed by atoms with Crippen LogP contribution in [-0.2, 0) is 70.1 Å². The molecule has 1 saturated heterocycles. The summed E-state index contributed by atoms with van der Waals surface area (Å²) in [4.78, 5) is 120. The Labute approximate surface area is 422 Å². The van der Waals surface area contributed by atoms with Gasteiger partial charge < -0.3 is 38.5 Å². The van der Waals surface area contributed by atoms with Crippen molar-refractivity contribution in [1.82, 2.24) is 19.6 Å². The van der Waals surface area contributed by atoms with E-state index in [0.717, 1.165) is 23.2 Å². The highest BCUT2D eigenvalue weighted by molar-refractivity contribution is 14.1. The predicted molar refractivity (Wildman–Crippen MR) is 268 cm³/mol. The van der Waals surface area contributed by atoms with E-state index in [1.54, 1.807) is 42.5 Å². The lowest BCUT2D eigenvalue weighted by molar-refractivity contribution is -0.176. The van der Waals surface area contributed by atoms with Crippen molar-refractivity contribution in [2.24, 2.45) is 23.7 Å². The van der Waals surface area contributed by atoms with Crippen LogP contribution in [0.3, 0.4) is 0 Å². The first-order valence-corrected chi connectivity index (χ1v) is 25.0. The first-order chi connectivity index (χ1) is 32.2. The molecule has 0 saturated carbocycles. The van der Waals surface area contributed by atoms with Crippen molar-refractivity contribution in [3.8, 4) is 0 Å². The fraction of sp³-hybridized carbons (Fsp3) is 0.615. The van der Waals surface area contributed by atoms with E-state index in [-0.39, 0.29) is 62.2 Å². The molecule has 0 radical (unpaired) electrons. The number of carbonyl (C=O) groups is 8. The largest absolute Gasteiger partial charge is 0.451 e. The SMILES string of the molecule is CC(C)CC1C(=O)O[C@H](Cc2ccccc2)C(=O)N(C)[C@@H](CC(C)C)C(=O)O[C@H](C)C(=O)N(C)[C@@H](CC(C)C)C(=O)O[C@H](Cc2ccc(I)cc2)C(=O)N(C)[C@@H](CC(C)C)C(=O)O[C@H](C)C(=O)N1C. The highest BCUT2D eigenvalue weighted by Crippen LogP contribution is 2.24. The third-order valence-corrected chi connectivity index (χ3v) is 12.8. The first kappa shape index (κ1) is 58.2. The lowest BCUT2D eigenvalue weighted by Gasteiger charge is -2.35. The van der Waals surface area contributed by atoms with Crippen molar-refractivity contribution < 1.29 is 57.3 Å². The molecule has 69 heavy (non-hydrogen) atoms. The first-order valence-electron chi connectivity index (χ1n) is 23.9. The molecule has 1 aliphatic heterocycles. The Hall–Kier alpha value is -5.07. The van der Waals surface area contributed by atoms with Gasteiger partial charge in [-0.3, -0.25) is 19.2 Å². The molecule has 0 N–H and O–H groups in total. The molecule has 4 amide bonds. The Morgan fingerprint density at radius 3 is 1.00 bits per heavy atom. The molecular formula is C52H75IN4O12. The van der Waals surface area contributed by atoms with Gasteiger partial charge in [0.05, 0.1) is 0 Å². The topological polar surface area (TPSA) is 186 Å². The second-order valence-electron chi connectivity index (χ2n) is 19.9. The minimum atomic E-state index is -1.48. The summed E-state index contributed by atoms with van der Waals surface area (Å²) in [5.41, 5.74) is 1.30. The van der Waals surface area contributed by atoms with Gasteiger partial charge in [-0.2, -0.15) is 0 Å². The molecule has 382 valence electrons. The van der Waals surface area contributed by atoms with Gasteiger partial charge in [-0.05, 0) is 109 Å². The number of halogens is 1. The van der Waals surface area contributed by atoms with E-state index in [9.17, 15) is 38.4 Å². The van der Waals surface area contributed by atoms with E-state index in [2.05, 4.69) is 22.6 Å². The van der Waals surface area contributed by atoms with Crippen LogP contribution in [0.4, 0.5) is 0 Å². The van der Waals surface area contributed by atoms with Gasteiger partial charge in [-0.25, -0.2) is 19.2 Å². The molecule has 1 fully saturated rings. The summed E-state index contributed by atoms with van der Waals surface area (Å²) in [6.45, 7) is 17.5. The average Bonchev–Trinajstić information content (AvgIpc) is 3.28. The fourth-order valence-corrected chi connectivity index (χ4v) is 8.50. The number of hydrogen-bond acceptors (Lipinski definition) is 12. The number of nitrogens with zero attached hydrogens (tertiary/aromatic N) is 4. The van der Waals surface area contributed by atoms with Gasteiger partial charge in [-0.1, -0.05) is 97.9 Å². The molecule has 3 rings (SSSR count). The molecule has 0 spiro atoms. The van der Waals surface area contributed by atoms with Gasteiger partial charge in [0.25, 0.3) is 23.6 Å². The summed E-state index contributed by atoms with van der Waals surface area (Å²) >= 11 is 2.15. The number of cyclic esters (lactones) is 4. The molecule has 0 aliphatic carbocycles. The molecule has 0 bridgehead atoms. The summed E-state index contributed by atoms with van der Waals surface area (Å²) in [5, 5.41) is 0. The minimum Gasteiger partial charge on any atom is -0.451 e. The maximum Gasteiger partial charge on any atom is 0.329 e. The van der Waals surface area contributed by atoms with E-state index >= 15 is 0 Å². The molecule has 8 atom stereocenters. The second-order valence-corrected chi connectivity index (χ2v) is 21.2. The van der Waals surface area contributed by atoms with Gasteiger partial charge in [0.1, 0.15) is 24.2 Å². The van der Waals surface area contributed by atoms with Gasteiger partial charge in [-0.15, -0.1) is 0 Å². The molecule has 1 aliphatic rings. The maximum atomic E-state index is 14.7. The van der Waals surface area contributed by atoms with Gasteiger partial charge in [0.2, 0.25) is 0 Å². The van der Waals surface area contributed by atoms with E-state index in [1.807, 2.05) is 67.5 Å². The number of amides is 4. The molecule has 1 heterocycles. The third-order valence-electron chi connectivity index (χ3n) is 12.1. The van der Waals surface area contributed by atoms with Crippen molar-refractivity contribution in [3.05, 3.63) is 69.3 Å². The number of carbonyl (C=O) groups excluding carboxylic acids is 8. The molecule has 2 aromatic carbocycles. The summed E-state index contributed by atoms with van der Waals surface area (Å²) in [6, 6.07) is 11.1. The molecule has 2 aromatic rings. The third kappa shape index (κ3) is 17.1. The van der Waals surface area contributed by atoms with Crippen molar-refractivity contribution in [3.63, 3.8) is 0 Å². The summed E-state index contributed by atoms with van der Waals surface area (Å²) in [5.74, 6) is -7.14. The van der Waals surface area contributed by atoms with Gasteiger partial charge in [0, 0.05) is 44.6 Å². The highest BCUT2D eigenvalue weighted by atomic mass is 127. The Balaban J connectivity index is 2.25. The summed E-state index contributed by atoms with van der Waals surface area (Å²) in [7, 11) is 5.57. The number of esters is 4. The lowest BCUT2D eigenvalue weighted by Crippen LogP contribution is -2.55. The Morgan fingerprint density at radius 2 is 0.696 bits per heavy atom. The van der Waals surface area contributed by atoms with E-state index < -0.39 is 96.1 Å². The van der Waals surface area contributed by atoms with Gasteiger partial charge in [0.15, 0.2) is 24.4 Å². The zero-order chi connectivity index (χ0) is 52.0. The predicted octanol–water partition coefficient (Wildman–Crippen LogP) is 6.27. The molecule has 0 aromatic heterocycles. The lowest BCUT2D eigenvalue weighted by atomic mass is 10.00. The zero-order valence-corrected chi connectivity index (χ0v) is 45.1. The number of hydrogen-bond donors (Lipinski definition) is 0. The molecule has 17 heteroatoms. The number of ether oxygens (including phenoxy) is 4. The van der Waals surface area contributed by atoms with Crippen molar-refractivity contribution in [2.75, 3.05) is 28.2 Å². The van der Waals surface area contributed by atoms with Crippen molar-refractivity contribution >= 4 is 70.1 Å². The zero-order valence-electron chi connectivity index (χ0n) is 42.9. The highest BCUT2D eigenvalue weighted by Gasteiger charge is 2.43. The smallest absolute Gasteiger partial charge is 0.329 e. The van der Waals surface area contributed by atoms with Crippen LogP contribution in [0.2, 0.25) is 0 Å². The maximum absolute atomic E-state index is 14.7. The number of benzene rings is 2. The van der Waals surface area contributed by atoms with Crippen molar-refractivity contribution in [1.29, 1.82) is 0 Å². The Kier molecular flexibility index (Phi) is 22.6. The van der Waals surface area contributed by atoms with Crippen LogP contribution in [0.25, 0.3) is 0 Å². The average molecular weight is 1080 g/mol. The van der Waals surface area contributed by atoms with Crippen LogP contribution in [0, 0.1) is 27.2 Å². The quantitative estimate of drug-likeness (QED) is 0.132. The molecule has 1 unspecified atom stereocenters. The number of likely N-dealkylation sites (N-methyl/N-ethyl adjacent to an activating group) is 4. The van der Waals surface area contributed by atoms with Gasteiger partial charge >= 0.3 is 23.9 Å². The van der Waals surface area contributed by atoms with Crippen LogP contribution in [0.1, 0.15) is 106 Å². The van der Waals surface area contributed by atoms with Crippen LogP contribution in [0.15, 0.2) is 54.6 Å². The fourth-order valence-electron chi connectivity index (χ4n) is 8.14. The molecule has 16 nitrogen and oxygen atoms in total. The minimum absolute atomic E-state index is 0.0820. The normalized spacial score (nSPS) is 25.0. The number of rotatable bonds is 12. The van der Waals surface area contributed by atoms with Crippen LogP contribution in [-0.4, -0.2) is 144 Å². The summed E-state index contributed by atoms with van der Waals surface area (Å²) in [6.07, 6.45) is -5.58. The Bertz CT molecular complexity index is 2060. The van der Waals surface area contributed by atoms with Crippen molar-refractivity contribution in [2.45, 2.75) is 156 Å². The van der Waals surface area contributed by atoms with Crippen LogP contribution >= 0.6 is 22.6 Å². The van der Waals surface area contributed by atoms with Crippen LogP contribution < -0.4 is 0 Å². The second kappa shape index (κ2) is 26.8. The standard InChI is InChI=1S/C52H75IN4O12/c1-30(2)24-39-49(62)66-35(10)46(59)55(12)42(27-33(7)8)52(65)69-44(29-37-20-22-38(53)23-21-37)48(61)57(14)40(25-31(3)4)50(63)67-34(9)45(58)54(11)41(26-32(5)6)51(64)68-43(47(60)56(39)13)28-36-18-16-15-17-19-36/h15-23,30-35,39-44H,24-29H2,1-14H3/t34-,35-,39+,40+,41?,42+,43-,44-/m1/s1.